The molecule has 0 amide bonds. The van der Waals surface area contributed by atoms with Gasteiger partial charge in [0, 0.05) is 17.0 Å². The Morgan fingerprint density at radius 1 is 1.05 bits per heavy atom. The molecule has 0 fully saturated rings. The van der Waals surface area contributed by atoms with Gasteiger partial charge in [-0.15, -0.1) is 11.3 Å². The van der Waals surface area contributed by atoms with E-state index in [0.717, 1.165) is 10.4 Å². The fourth-order valence-corrected chi connectivity index (χ4v) is 2.69. The van der Waals surface area contributed by atoms with Crippen LogP contribution in [-0.2, 0) is 0 Å². The minimum Gasteiger partial charge on any atom is -0.496 e. The second kappa shape index (κ2) is 5.95. The van der Waals surface area contributed by atoms with E-state index in [1.54, 1.807) is 32.7 Å². The van der Waals surface area contributed by atoms with Crippen molar-refractivity contribution < 1.29 is 14.2 Å². The highest BCUT2D eigenvalue weighted by molar-refractivity contribution is 7.10. The van der Waals surface area contributed by atoms with E-state index in [1.165, 1.54) is 0 Å². The van der Waals surface area contributed by atoms with Gasteiger partial charge in [-0.25, -0.2) is 0 Å². The van der Waals surface area contributed by atoms with Gasteiger partial charge in [-0.2, -0.15) is 0 Å². The third kappa shape index (κ3) is 2.67. The highest BCUT2D eigenvalue weighted by atomic mass is 32.1. The molecule has 1 unspecified atom stereocenters. The lowest BCUT2D eigenvalue weighted by atomic mass is 10.0. The van der Waals surface area contributed by atoms with E-state index >= 15 is 0 Å². The van der Waals surface area contributed by atoms with Crippen LogP contribution in [-0.4, -0.2) is 21.3 Å². The maximum absolute atomic E-state index is 6.31. The molecule has 0 aliphatic rings. The van der Waals surface area contributed by atoms with Crippen LogP contribution in [0.25, 0.3) is 0 Å². The van der Waals surface area contributed by atoms with Crippen LogP contribution < -0.4 is 19.9 Å². The molecule has 19 heavy (non-hydrogen) atoms. The Morgan fingerprint density at radius 3 is 2.11 bits per heavy atom. The van der Waals surface area contributed by atoms with Crippen molar-refractivity contribution in [1.82, 2.24) is 0 Å². The van der Waals surface area contributed by atoms with Crippen LogP contribution in [0, 0.1) is 0 Å². The SMILES string of the molecule is COc1cc(OC)c(C(N)c2cccs2)c(OC)c1. The summed E-state index contributed by atoms with van der Waals surface area (Å²) in [5, 5.41) is 2.00. The van der Waals surface area contributed by atoms with Gasteiger partial charge in [0.05, 0.1) is 32.9 Å². The number of methoxy groups -OCH3 is 3. The predicted molar refractivity (Wildman–Crippen MR) is 76.4 cm³/mol. The van der Waals surface area contributed by atoms with Crippen molar-refractivity contribution >= 4 is 11.3 Å². The maximum atomic E-state index is 6.31. The fraction of sp³-hybridized carbons (Fsp3) is 0.286. The fourth-order valence-electron chi connectivity index (χ4n) is 1.95. The van der Waals surface area contributed by atoms with E-state index in [2.05, 4.69) is 0 Å². The van der Waals surface area contributed by atoms with Crippen LogP contribution >= 0.6 is 11.3 Å². The van der Waals surface area contributed by atoms with Crippen molar-refractivity contribution in [2.45, 2.75) is 6.04 Å². The van der Waals surface area contributed by atoms with E-state index in [0.29, 0.717) is 17.2 Å². The molecular weight excluding hydrogens is 262 g/mol. The minimum atomic E-state index is -0.282. The summed E-state index contributed by atoms with van der Waals surface area (Å²) >= 11 is 1.61. The predicted octanol–water partition coefficient (Wildman–Crippen LogP) is 2.82. The van der Waals surface area contributed by atoms with Gasteiger partial charge in [-0.3, -0.25) is 0 Å². The Morgan fingerprint density at radius 2 is 1.68 bits per heavy atom. The Bertz CT molecular complexity index is 515. The van der Waals surface area contributed by atoms with Crippen molar-refractivity contribution in [3.05, 3.63) is 40.1 Å². The van der Waals surface area contributed by atoms with Gasteiger partial charge in [0.1, 0.15) is 17.2 Å². The largest absolute Gasteiger partial charge is 0.496 e. The van der Waals surface area contributed by atoms with Crippen molar-refractivity contribution in [3.8, 4) is 17.2 Å². The van der Waals surface area contributed by atoms with Crippen molar-refractivity contribution in [3.63, 3.8) is 0 Å². The first-order chi connectivity index (χ1) is 9.21. The van der Waals surface area contributed by atoms with Gasteiger partial charge < -0.3 is 19.9 Å². The van der Waals surface area contributed by atoms with Crippen LogP contribution in [0.3, 0.4) is 0 Å². The van der Waals surface area contributed by atoms with Gasteiger partial charge in [0.2, 0.25) is 0 Å². The highest BCUT2D eigenvalue weighted by Gasteiger charge is 2.21. The number of hydrogen-bond donors (Lipinski definition) is 1. The molecule has 4 nitrogen and oxygen atoms in total. The summed E-state index contributed by atoms with van der Waals surface area (Å²) in [4.78, 5) is 1.06. The minimum absolute atomic E-state index is 0.282. The normalized spacial score (nSPS) is 12.0. The maximum Gasteiger partial charge on any atom is 0.131 e. The summed E-state index contributed by atoms with van der Waals surface area (Å²) in [6, 6.07) is 7.31. The number of hydrogen-bond acceptors (Lipinski definition) is 5. The van der Waals surface area contributed by atoms with Gasteiger partial charge >= 0.3 is 0 Å². The number of ether oxygens (including phenoxy) is 3. The molecule has 102 valence electrons. The second-order valence-electron chi connectivity index (χ2n) is 3.94. The lowest BCUT2D eigenvalue weighted by Gasteiger charge is -2.19. The zero-order valence-electron chi connectivity index (χ0n) is 11.2. The molecule has 0 spiro atoms. The summed E-state index contributed by atoms with van der Waals surface area (Å²) in [5.74, 6) is 2.00. The average molecular weight is 279 g/mol. The molecule has 0 aliphatic heterocycles. The Kier molecular flexibility index (Phi) is 4.29. The summed E-state index contributed by atoms with van der Waals surface area (Å²) in [7, 11) is 4.82. The standard InChI is InChI=1S/C14H17NO3S/c1-16-9-7-10(17-2)13(11(8-9)18-3)14(15)12-5-4-6-19-12/h4-8,14H,15H2,1-3H3. The molecule has 0 bridgehead atoms. The first-order valence-electron chi connectivity index (χ1n) is 5.80. The number of rotatable bonds is 5. The van der Waals surface area contributed by atoms with Gasteiger partial charge in [-0.1, -0.05) is 6.07 Å². The molecule has 1 aromatic carbocycles. The average Bonchev–Trinajstić information content (AvgIpc) is 2.99. The van der Waals surface area contributed by atoms with Crippen LogP contribution in [0.4, 0.5) is 0 Å². The number of benzene rings is 1. The van der Waals surface area contributed by atoms with E-state index in [9.17, 15) is 0 Å². The molecule has 5 heteroatoms. The molecule has 0 aliphatic carbocycles. The van der Waals surface area contributed by atoms with Gasteiger partial charge in [-0.05, 0) is 11.4 Å². The van der Waals surface area contributed by atoms with Crippen molar-refractivity contribution in [2.75, 3.05) is 21.3 Å². The molecule has 0 radical (unpaired) electrons. The van der Waals surface area contributed by atoms with Crippen LogP contribution in [0.2, 0.25) is 0 Å². The smallest absolute Gasteiger partial charge is 0.131 e. The summed E-state index contributed by atoms with van der Waals surface area (Å²) in [6.45, 7) is 0. The lowest BCUT2D eigenvalue weighted by Crippen LogP contribution is -2.13. The first kappa shape index (κ1) is 13.7. The molecule has 2 N–H and O–H groups in total. The van der Waals surface area contributed by atoms with E-state index in [1.807, 2.05) is 29.6 Å². The van der Waals surface area contributed by atoms with Crippen LogP contribution in [0.5, 0.6) is 17.2 Å². The number of thiophene rings is 1. The quantitative estimate of drug-likeness (QED) is 0.914. The van der Waals surface area contributed by atoms with Crippen molar-refractivity contribution in [2.24, 2.45) is 5.73 Å². The molecule has 1 atom stereocenters. The third-order valence-corrected chi connectivity index (χ3v) is 3.87. The lowest BCUT2D eigenvalue weighted by molar-refractivity contribution is 0.367. The highest BCUT2D eigenvalue weighted by Crippen LogP contribution is 2.40. The van der Waals surface area contributed by atoms with Crippen molar-refractivity contribution in [1.29, 1.82) is 0 Å². The van der Waals surface area contributed by atoms with Crippen LogP contribution in [0.1, 0.15) is 16.5 Å². The molecule has 1 heterocycles. The van der Waals surface area contributed by atoms with E-state index in [-0.39, 0.29) is 6.04 Å². The summed E-state index contributed by atoms with van der Waals surface area (Å²) in [6.07, 6.45) is 0. The molecule has 0 saturated heterocycles. The summed E-state index contributed by atoms with van der Waals surface area (Å²) < 4.78 is 16.1. The third-order valence-electron chi connectivity index (χ3n) is 2.91. The van der Waals surface area contributed by atoms with Gasteiger partial charge in [0.25, 0.3) is 0 Å². The van der Waals surface area contributed by atoms with E-state index in [4.69, 9.17) is 19.9 Å². The molecular formula is C14H17NO3S. The summed E-state index contributed by atoms with van der Waals surface area (Å²) in [5.41, 5.74) is 7.14. The Hall–Kier alpha value is -1.72. The monoisotopic (exact) mass is 279 g/mol. The Balaban J connectivity index is 2.54. The zero-order valence-corrected chi connectivity index (χ0v) is 12.0. The zero-order chi connectivity index (χ0) is 13.8. The van der Waals surface area contributed by atoms with Gasteiger partial charge in [0.15, 0.2) is 0 Å². The Labute approximate surface area is 116 Å². The molecule has 2 aromatic rings. The molecule has 1 aromatic heterocycles. The number of nitrogens with two attached hydrogens (primary N) is 1. The van der Waals surface area contributed by atoms with E-state index < -0.39 is 0 Å². The topological polar surface area (TPSA) is 53.7 Å². The molecule has 0 saturated carbocycles. The second-order valence-corrected chi connectivity index (χ2v) is 4.92. The van der Waals surface area contributed by atoms with Crippen LogP contribution in [0.15, 0.2) is 29.6 Å². The molecule has 2 rings (SSSR count). The first-order valence-corrected chi connectivity index (χ1v) is 6.68.